The van der Waals surface area contributed by atoms with Crippen LogP contribution in [0.3, 0.4) is 0 Å². The Morgan fingerprint density at radius 2 is 1.92 bits per heavy atom. The molecule has 0 aliphatic rings. The summed E-state index contributed by atoms with van der Waals surface area (Å²) in [5.74, 6) is 0. The molecule has 0 aliphatic carbocycles. The lowest BCUT2D eigenvalue weighted by atomic mass is 10.4. The van der Waals surface area contributed by atoms with Gasteiger partial charge >= 0.3 is 0 Å². The molecule has 0 atom stereocenters. The van der Waals surface area contributed by atoms with Gasteiger partial charge in [0.05, 0.1) is 5.04 Å². The van der Waals surface area contributed by atoms with Crippen molar-refractivity contribution in [1.29, 1.82) is 0 Å². The van der Waals surface area contributed by atoms with Crippen LogP contribution in [0, 0.1) is 0 Å². The van der Waals surface area contributed by atoms with Crippen molar-refractivity contribution in [1.82, 2.24) is 0 Å². The largest absolute Gasteiger partial charge is 0.286 e. The lowest BCUT2D eigenvalue weighted by Gasteiger charge is -1.98. The number of thioether (sulfide) groups is 1. The summed E-state index contributed by atoms with van der Waals surface area (Å²) in [6, 6.07) is 7.74. The highest BCUT2D eigenvalue weighted by Crippen LogP contribution is 2.21. The molecular weight excluding hydrogens is 190 g/mol. The molecule has 0 aliphatic heterocycles. The van der Waals surface area contributed by atoms with Crippen molar-refractivity contribution in [2.45, 2.75) is 11.8 Å². The lowest BCUT2D eigenvalue weighted by molar-refractivity contribution is 1.44. The maximum absolute atomic E-state index is 5.74. The third-order valence-corrected chi connectivity index (χ3v) is 2.63. The van der Waals surface area contributed by atoms with Crippen molar-refractivity contribution in [2.24, 2.45) is 4.99 Å². The van der Waals surface area contributed by atoms with Crippen LogP contribution < -0.4 is 0 Å². The summed E-state index contributed by atoms with van der Waals surface area (Å²) in [6.07, 6.45) is 0. The predicted octanol–water partition coefficient (Wildman–Crippen LogP) is 3.48. The topological polar surface area (TPSA) is 12.4 Å². The number of hydrogen-bond donors (Lipinski definition) is 0. The molecular formula is C9H10ClNS. The fraction of sp³-hybridized carbons (Fsp3) is 0.222. The second-order valence-corrected chi connectivity index (χ2v) is 4.00. The highest BCUT2D eigenvalue weighted by molar-refractivity contribution is 8.13. The van der Waals surface area contributed by atoms with Gasteiger partial charge in [0.15, 0.2) is 0 Å². The second kappa shape index (κ2) is 4.53. The third kappa shape index (κ3) is 2.88. The smallest absolute Gasteiger partial charge is 0.0689 e. The van der Waals surface area contributed by atoms with E-state index in [1.807, 2.05) is 31.2 Å². The molecule has 0 saturated heterocycles. The van der Waals surface area contributed by atoms with Gasteiger partial charge in [-0.3, -0.25) is 4.99 Å². The molecule has 0 aromatic heterocycles. The molecule has 1 aromatic rings. The van der Waals surface area contributed by atoms with E-state index in [4.69, 9.17) is 11.6 Å². The first-order valence-electron chi connectivity index (χ1n) is 3.59. The standard InChI is InChI=1S/C9H10ClNS/c1-7(11-2)12-9-5-3-8(10)4-6-9/h3-6H,1-2H3. The van der Waals surface area contributed by atoms with Gasteiger partial charge in [0.2, 0.25) is 0 Å². The minimum absolute atomic E-state index is 0.769. The van der Waals surface area contributed by atoms with Gasteiger partial charge in [0, 0.05) is 17.0 Å². The zero-order chi connectivity index (χ0) is 8.97. The van der Waals surface area contributed by atoms with Gasteiger partial charge in [-0.15, -0.1) is 0 Å². The van der Waals surface area contributed by atoms with Crippen LogP contribution in [-0.2, 0) is 0 Å². The van der Waals surface area contributed by atoms with E-state index in [0.29, 0.717) is 0 Å². The molecule has 0 saturated carbocycles. The number of benzene rings is 1. The number of aliphatic imine (C=N–C) groups is 1. The van der Waals surface area contributed by atoms with Gasteiger partial charge in [-0.25, -0.2) is 0 Å². The normalized spacial score (nSPS) is 11.8. The Morgan fingerprint density at radius 1 is 1.33 bits per heavy atom. The Labute approximate surface area is 81.8 Å². The maximum atomic E-state index is 5.74. The van der Waals surface area contributed by atoms with E-state index in [1.165, 1.54) is 4.90 Å². The maximum Gasteiger partial charge on any atom is 0.0689 e. The van der Waals surface area contributed by atoms with Gasteiger partial charge < -0.3 is 0 Å². The van der Waals surface area contributed by atoms with Gasteiger partial charge in [-0.05, 0) is 31.2 Å². The van der Waals surface area contributed by atoms with Gasteiger partial charge in [-0.1, -0.05) is 23.4 Å². The first kappa shape index (κ1) is 9.62. The van der Waals surface area contributed by atoms with Crippen LogP contribution in [0.4, 0.5) is 0 Å². The van der Waals surface area contributed by atoms with Crippen LogP contribution in [-0.4, -0.2) is 12.1 Å². The minimum atomic E-state index is 0.769. The summed E-state index contributed by atoms with van der Waals surface area (Å²) in [7, 11) is 1.79. The van der Waals surface area contributed by atoms with Crippen LogP contribution >= 0.6 is 23.4 Å². The molecule has 1 aromatic carbocycles. The molecule has 3 heteroatoms. The fourth-order valence-electron chi connectivity index (χ4n) is 0.719. The van der Waals surface area contributed by atoms with Crippen molar-refractivity contribution in [2.75, 3.05) is 7.05 Å². The molecule has 0 amide bonds. The second-order valence-electron chi connectivity index (χ2n) is 2.30. The molecule has 64 valence electrons. The summed E-state index contributed by atoms with van der Waals surface area (Å²) >= 11 is 7.39. The van der Waals surface area contributed by atoms with E-state index in [2.05, 4.69) is 4.99 Å². The Hall–Kier alpha value is -0.470. The molecule has 0 spiro atoms. The van der Waals surface area contributed by atoms with E-state index >= 15 is 0 Å². The van der Waals surface area contributed by atoms with Crippen molar-refractivity contribution < 1.29 is 0 Å². The zero-order valence-corrected chi connectivity index (χ0v) is 8.62. The van der Waals surface area contributed by atoms with Crippen molar-refractivity contribution in [3.05, 3.63) is 29.3 Å². The average Bonchev–Trinajstić information content (AvgIpc) is 2.09. The summed E-state index contributed by atoms with van der Waals surface area (Å²) < 4.78 is 0. The van der Waals surface area contributed by atoms with E-state index in [-0.39, 0.29) is 0 Å². The Balaban J connectivity index is 2.71. The Bertz CT molecular complexity index is 279. The molecule has 0 heterocycles. The average molecular weight is 200 g/mol. The van der Waals surface area contributed by atoms with Crippen LogP contribution in [0.25, 0.3) is 0 Å². The fourth-order valence-corrected chi connectivity index (χ4v) is 1.55. The summed E-state index contributed by atoms with van der Waals surface area (Å²) in [5, 5.41) is 1.82. The zero-order valence-electron chi connectivity index (χ0n) is 7.04. The SMILES string of the molecule is CN=C(C)Sc1ccc(Cl)cc1. The van der Waals surface area contributed by atoms with Crippen molar-refractivity contribution >= 4 is 28.4 Å². The molecule has 12 heavy (non-hydrogen) atoms. The molecule has 0 unspecified atom stereocenters. The molecule has 0 fully saturated rings. The number of hydrogen-bond acceptors (Lipinski definition) is 2. The van der Waals surface area contributed by atoms with Crippen LogP contribution in [0.15, 0.2) is 34.2 Å². The van der Waals surface area contributed by atoms with Crippen molar-refractivity contribution in [3.8, 4) is 0 Å². The Morgan fingerprint density at radius 3 is 2.42 bits per heavy atom. The Kier molecular flexibility index (Phi) is 3.63. The summed E-state index contributed by atoms with van der Waals surface area (Å²) in [4.78, 5) is 5.22. The van der Waals surface area contributed by atoms with Gasteiger partial charge in [0.25, 0.3) is 0 Å². The summed E-state index contributed by atoms with van der Waals surface area (Å²) in [5.41, 5.74) is 0. The number of halogens is 1. The lowest BCUT2D eigenvalue weighted by Crippen LogP contribution is -1.81. The number of rotatable bonds is 1. The van der Waals surface area contributed by atoms with E-state index in [0.717, 1.165) is 10.1 Å². The van der Waals surface area contributed by atoms with Gasteiger partial charge in [-0.2, -0.15) is 0 Å². The minimum Gasteiger partial charge on any atom is -0.286 e. The van der Waals surface area contributed by atoms with Crippen LogP contribution in [0.1, 0.15) is 6.92 Å². The van der Waals surface area contributed by atoms with Crippen LogP contribution in [0.2, 0.25) is 5.02 Å². The first-order valence-corrected chi connectivity index (χ1v) is 4.78. The monoisotopic (exact) mass is 199 g/mol. The quantitative estimate of drug-likeness (QED) is 0.383. The van der Waals surface area contributed by atoms with E-state index < -0.39 is 0 Å². The molecule has 0 radical (unpaired) electrons. The first-order chi connectivity index (χ1) is 5.72. The van der Waals surface area contributed by atoms with E-state index in [1.54, 1.807) is 18.8 Å². The highest BCUT2D eigenvalue weighted by atomic mass is 35.5. The molecule has 0 bridgehead atoms. The van der Waals surface area contributed by atoms with E-state index in [9.17, 15) is 0 Å². The third-order valence-electron chi connectivity index (χ3n) is 1.39. The summed E-state index contributed by atoms with van der Waals surface area (Å²) in [6.45, 7) is 1.99. The predicted molar refractivity (Wildman–Crippen MR) is 56.3 cm³/mol. The molecule has 1 rings (SSSR count). The number of nitrogens with zero attached hydrogens (tertiary/aromatic N) is 1. The van der Waals surface area contributed by atoms with Crippen molar-refractivity contribution in [3.63, 3.8) is 0 Å². The molecule has 1 nitrogen and oxygen atoms in total. The highest BCUT2D eigenvalue weighted by Gasteiger charge is 1.95. The van der Waals surface area contributed by atoms with Gasteiger partial charge in [0.1, 0.15) is 0 Å². The molecule has 0 N–H and O–H groups in total. The van der Waals surface area contributed by atoms with Crippen LogP contribution in [0.5, 0.6) is 0 Å².